The first-order valence-electron chi connectivity index (χ1n) is 1.09. The molecule has 0 aliphatic heterocycles. The van der Waals surface area contributed by atoms with Crippen molar-refractivity contribution in [1.29, 1.82) is 0 Å². The van der Waals surface area contributed by atoms with Gasteiger partial charge >= 0.3 is 0 Å². The number of rotatable bonds is 1. The molecule has 0 aromatic carbocycles. The molecule has 0 N–H and O–H groups in total. The maximum Gasteiger partial charge on any atom is 0.244 e. The number of hydrogen-bond donors (Lipinski definition) is 0. The van der Waals surface area contributed by atoms with Gasteiger partial charge < -0.3 is 0 Å². The fourth-order valence-corrected chi connectivity index (χ4v) is 0. The maximum absolute atomic E-state index is 9.46. The van der Waals surface area contributed by atoms with E-state index in [-0.39, 0.29) is 4.70 Å². The van der Waals surface area contributed by atoms with Gasteiger partial charge in [-0.25, -0.2) is 0 Å². The van der Waals surface area contributed by atoms with E-state index in [1.807, 2.05) is 0 Å². The Balaban J connectivity index is 0. The normalized spacial score (nSPS) is 5.50. The Labute approximate surface area is 40.0 Å². The van der Waals surface area contributed by atoms with Gasteiger partial charge in [0.25, 0.3) is 0 Å². The lowest BCUT2D eigenvalue weighted by Crippen LogP contribution is -1.67. The third-order valence-corrected chi connectivity index (χ3v) is 0.315. The van der Waals surface area contributed by atoms with Crippen molar-refractivity contribution in [2.75, 3.05) is 0 Å². The van der Waals surface area contributed by atoms with E-state index in [1.54, 1.807) is 0 Å². The average Bonchev–Trinajstić information content (AvgIpc) is 1.38. The van der Waals surface area contributed by atoms with E-state index in [0.29, 0.717) is 0 Å². The Morgan fingerprint density at radius 3 is 2.00 bits per heavy atom. The van der Waals surface area contributed by atoms with Gasteiger partial charge in [-0.15, -0.1) is 0 Å². The fraction of sp³-hybridized carbons (Fsp3) is 0. The van der Waals surface area contributed by atoms with E-state index in [2.05, 4.69) is 6.58 Å². The van der Waals surface area contributed by atoms with Crippen LogP contribution in [0.15, 0.2) is 12.7 Å². The molecule has 0 fully saturated rings. The Morgan fingerprint density at radius 1 is 1.83 bits per heavy atom. The van der Waals surface area contributed by atoms with Gasteiger partial charge in [0.2, 0.25) is 5.24 Å². The van der Waals surface area contributed by atoms with Crippen molar-refractivity contribution in [1.82, 2.24) is 0 Å². The molecule has 6 heavy (non-hydrogen) atoms. The predicted octanol–water partition coefficient (Wildman–Crippen LogP) is 1.09. The number of allylic oxidation sites excluding steroid dienone is 1. The summed E-state index contributed by atoms with van der Waals surface area (Å²) in [6.07, 6.45) is 1.04. The summed E-state index contributed by atoms with van der Waals surface area (Å²) in [5.41, 5.74) is 0. The van der Waals surface area contributed by atoms with Crippen molar-refractivity contribution in [3.05, 3.63) is 12.7 Å². The van der Waals surface area contributed by atoms with E-state index in [1.165, 1.54) is 0 Å². The Bertz CT molecular complexity index is 61.8. The average molecular weight is 111 g/mol. The van der Waals surface area contributed by atoms with Crippen molar-refractivity contribution in [2.45, 2.75) is 0 Å². The number of carbonyl (C=O) groups excluding carboxylic acids is 1. The van der Waals surface area contributed by atoms with Crippen molar-refractivity contribution < 1.29 is 9.50 Å². The summed E-state index contributed by atoms with van der Waals surface area (Å²) in [7, 11) is 0. The highest BCUT2D eigenvalue weighted by Crippen LogP contribution is 1.74. The summed E-state index contributed by atoms with van der Waals surface area (Å²) in [5.74, 6) is 0. The Morgan fingerprint density at radius 2 is 2.00 bits per heavy atom. The molecule has 0 atom stereocenters. The van der Waals surface area contributed by atoms with Crippen LogP contribution in [-0.4, -0.2) is 5.24 Å². The molecule has 0 spiro atoms. The maximum atomic E-state index is 9.46. The predicted molar refractivity (Wildman–Crippen MR) is 23.6 cm³/mol. The number of hydrogen-bond acceptors (Lipinski definition) is 1. The lowest BCUT2D eigenvalue weighted by molar-refractivity contribution is -0.107. The first-order chi connectivity index (χ1) is 2.27. The van der Waals surface area contributed by atoms with Crippen LogP contribution in [0.4, 0.5) is 4.70 Å². The number of halogens is 2. The van der Waals surface area contributed by atoms with Gasteiger partial charge in [-0.2, -0.15) is 0 Å². The SMILES string of the molecule is C=CC(=O)Cl.F. The van der Waals surface area contributed by atoms with Gasteiger partial charge in [0, 0.05) is 0 Å². The van der Waals surface area contributed by atoms with Crippen LogP contribution in [0.25, 0.3) is 0 Å². The standard InChI is InChI=1S/C3H3ClO.FH/c1-2-3(4)5;/h2H,1H2;1H. The van der Waals surface area contributed by atoms with E-state index in [0.717, 1.165) is 6.08 Å². The van der Waals surface area contributed by atoms with Gasteiger partial charge in [-0.1, -0.05) is 6.58 Å². The van der Waals surface area contributed by atoms with Crippen molar-refractivity contribution in [3.63, 3.8) is 0 Å². The van der Waals surface area contributed by atoms with E-state index < -0.39 is 5.24 Å². The summed E-state index contributed by atoms with van der Waals surface area (Å²) >= 11 is 4.71. The van der Waals surface area contributed by atoms with Gasteiger partial charge in [-0.05, 0) is 17.7 Å². The van der Waals surface area contributed by atoms with Gasteiger partial charge in [0.05, 0.1) is 0 Å². The van der Waals surface area contributed by atoms with Gasteiger partial charge in [0.1, 0.15) is 0 Å². The molecule has 0 aromatic rings. The summed E-state index contributed by atoms with van der Waals surface area (Å²) in [5, 5.41) is -0.509. The van der Waals surface area contributed by atoms with Crippen LogP contribution in [0.5, 0.6) is 0 Å². The second kappa shape index (κ2) is 4.63. The largest absolute Gasteiger partial charge is 0.276 e. The monoisotopic (exact) mass is 110 g/mol. The Kier molecular flexibility index (Phi) is 7.07. The molecule has 0 aliphatic carbocycles. The van der Waals surface area contributed by atoms with Crippen molar-refractivity contribution >= 4 is 16.8 Å². The van der Waals surface area contributed by atoms with Crippen LogP contribution in [0.2, 0.25) is 0 Å². The number of carbonyl (C=O) groups is 1. The molecule has 0 amide bonds. The second-order valence-corrected chi connectivity index (χ2v) is 0.881. The molecule has 36 valence electrons. The van der Waals surface area contributed by atoms with Crippen molar-refractivity contribution in [3.8, 4) is 0 Å². The molecule has 3 heteroatoms. The van der Waals surface area contributed by atoms with Crippen LogP contribution in [0.1, 0.15) is 0 Å². The molecule has 0 unspecified atom stereocenters. The molecule has 0 radical (unpaired) electrons. The summed E-state index contributed by atoms with van der Waals surface area (Å²) in [4.78, 5) is 9.46. The lowest BCUT2D eigenvalue weighted by atomic mass is 10.7. The molecule has 0 saturated carbocycles. The third kappa shape index (κ3) is 9.45. The first-order valence-corrected chi connectivity index (χ1v) is 1.47. The summed E-state index contributed by atoms with van der Waals surface area (Å²) in [6.45, 7) is 3.08. The zero-order valence-electron chi connectivity index (χ0n) is 2.98. The van der Waals surface area contributed by atoms with Crippen LogP contribution < -0.4 is 0 Å². The van der Waals surface area contributed by atoms with Crippen LogP contribution in [0, 0.1) is 0 Å². The minimum absolute atomic E-state index is 0. The minimum atomic E-state index is -0.509. The fourth-order valence-electron chi connectivity index (χ4n) is 0. The minimum Gasteiger partial charge on any atom is -0.276 e. The van der Waals surface area contributed by atoms with Crippen LogP contribution >= 0.6 is 11.6 Å². The van der Waals surface area contributed by atoms with Gasteiger partial charge in [0.15, 0.2) is 0 Å². The molecular weight excluding hydrogens is 106 g/mol. The zero-order chi connectivity index (χ0) is 4.28. The molecule has 1 nitrogen and oxygen atoms in total. The molecule has 0 rings (SSSR count). The molecular formula is C3H4ClFO. The molecule has 0 aromatic heterocycles. The molecule has 0 saturated heterocycles. The van der Waals surface area contributed by atoms with E-state index in [4.69, 9.17) is 11.6 Å². The smallest absolute Gasteiger partial charge is 0.244 e. The molecule has 0 aliphatic rings. The van der Waals surface area contributed by atoms with Crippen molar-refractivity contribution in [2.24, 2.45) is 0 Å². The molecule has 0 bridgehead atoms. The van der Waals surface area contributed by atoms with Crippen LogP contribution in [0.3, 0.4) is 0 Å². The topological polar surface area (TPSA) is 17.1 Å². The highest BCUT2D eigenvalue weighted by atomic mass is 35.5. The van der Waals surface area contributed by atoms with Gasteiger partial charge in [-0.3, -0.25) is 9.50 Å². The van der Waals surface area contributed by atoms with E-state index >= 15 is 0 Å². The van der Waals surface area contributed by atoms with Crippen LogP contribution in [-0.2, 0) is 4.79 Å². The Hall–Kier alpha value is -0.370. The summed E-state index contributed by atoms with van der Waals surface area (Å²) < 4.78 is 0. The first kappa shape index (κ1) is 9.16. The second-order valence-electron chi connectivity index (χ2n) is 0.508. The summed E-state index contributed by atoms with van der Waals surface area (Å²) in [6, 6.07) is 0. The lowest BCUT2D eigenvalue weighted by Gasteiger charge is -1.59. The zero-order valence-corrected chi connectivity index (χ0v) is 3.73. The highest BCUT2D eigenvalue weighted by Gasteiger charge is 1.74. The quantitative estimate of drug-likeness (QED) is 0.365. The highest BCUT2D eigenvalue weighted by molar-refractivity contribution is 6.66. The molecule has 0 heterocycles. The third-order valence-electron chi connectivity index (χ3n) is 0.160. The van der Waals surface area contributed by atoms with E-state index in [9.17, 15) is 4.79 Å².